The predicted molar refractivity (Wildman–Crippen MR) is 71.9 cm³/mol. The van der Waals surface area contributed by atoms with E-state index in [9.17, 15) is 4.79 Å². The zero-order valence-electron chi connectivity index (χ0n) is 9.43. The van der Waals surface area contributed by atoms with Gasteiger partial charge in [0.2, 0.25) is 0 Å². The number of ketones is 1. The Hall–Kier alpha value is -0.440. The number of methoxy groups -OCH3 is 1. The Balaban J connectivity index is 2.84. The molecular weight excluding hydrogens is 282 g/mol. The molecule has 17 heavy (non-hydrogen) atoms. The van der Waals surface area contributed by atoms with E-state index in [1.165, 1.54) is 7.11 Å². The minimum Gasteiger partial charge on any atom is -0.495 e. The van der Waals surface area contributed by atoms with Gasteiger partial charge in [-0.3, -0.25) is 4.79 Å². The molecule has 0 N–H and O–H groups in total. The molecule has 0 spiro atoms. The third-order valence-corrected chi connectivity index (χ3v) is 3.49. The molecule has 1 rings (SSSR count). The Kier molecular flexibility index (Phi) is 6.10. The number of hydrogen-bond donors (Lipinski definition) is 0. The Morgan fingerprint density at radius 1 is 1.24 bits per heavy atom. The first kappa shape index (κ1) is 14.6. The second kappa shape index (κ2) is 7.10. The minimum atomic E-state index is -0.0235. The molecule has 0 aliphatic carbocycles. The second-order valence-electron chi connectivity index (χ2n) is 3.51. The van der Waals surface area contributed by atoms with E-state index >= 15 is 0 Å². The Labute approximate surface area is 116 Å². The average molecular weight is 296 g/mol. The third-order valence-electron chi connectivity index (χ3n) is 2.35. The molecule has 94 valence electrons. The molecule has 5 heteroatoms. The quantitative estimate of drug-likeness (QED) is 0.436. The lowest BCUT2D eigenvalue weighted by Gasteiger charge is -2.08. The van der Waals surface area contributed by atoms with Crippen LogP contribution in [0.1, 0.15) is 29.6 Å². The maximum atomic E-state index is 11.9. The van der Waals surface area contributed by atoms with E-state index in [0.29, 0.717) is 23.6 Å². The van der Waals surface area contributed by atoms with Crippen LogP contribution in [0.4, 0.5) is 0 Å². The van der Waals surface area contributed by atoms with Gasteiger partial charge in [0.25, 0.3) is 0 Å². The molecule has 0 aliphatic rings. The van der Waals surface area contributed by atoms with E-state index in [4.69, 9.17) is 39.5 Å². The normalized spacial score (nSPS) is 10.4. The molecule has 0 unspecified atom stereocenters. The predicted octanol–water partition coefficient (Wildman–Crippen LogP) is 4.59. The lowest BCUT2D eigenvalue weighted by molar-refractivity contribution is 0.0980. The molecule has 0 atom stereocenters. The van der Waals surface area contributed by atoms with Crippen molar-refractivity contribution in [3.05, 3.63) is 27.7 Å². The van der Waals surface area contributed by atoms with Gasteiger partial charge in [0, 0.05) is 17.9 Å². The number of ether oxygens (including phenoxy) is 1. The SMILES string of the molecule is COc1ccc(C(=O)CCCCCl)c(Cl)c1Cl. The molecule has 0 heterocycles. The van der Waals surface area contributed by atoms with Gasteiger partial charge in [-0.05, 0) is 25.0 Å². The molecule has 2 nitrogen and oxygen atoms in total. The highest BCUT2D eigenvalue weighted by Gasteiger charge is 2.15. The van der Waals surface area contributed by atoms with Crippen LogP contribution in [0.25, 0.3) is 0 Å². The second-order valence-corrected chi connectivity index (χ2v) is 4.65. The molecule has 0 radical (unpaired) electrons. The standard InChI is InChI=1S/C12H13Cl3O2/c1-17-10-6-5-8(11(14)12(10)15)9(16)4-2-3-7-13/h5-6H,2-4,7H2,1H3. The van der Waals surface area contributed by atoms with Crippen LogP contribution in [0, 0.1) is 0 Å². The first-order valence-electron chi connectivity index (χ1n) is 5.23. The smallest absolute Gasteiger partial charge is 0.164 e. The molecule has 0 saturated carbocycles. The number of halogens is 3. The summed E-state index contributed by atoms with van der Waals surface area (Å²) in [7, 11) is 1.50. The van der Waals surface area contributed by atoms with Crippen molar-refractivity contribution in [2.24, 2.45) is 0 Å². The summed E-state index contributed by atoms with van der Waals surface area (Å²) < 4.78 is 5.01. The van der Waals surface area contributed by atoms with Crippen molar-refractivity contribution in [2.75, 3.05) is 13.0 Å². The van der Waals surface area contributed by atoms with Crippen LogP contribution in [0.2, 0.25) is 10.0 Å². The lowest BCUT2D eigenvalue weighted by atomic mass is 10.1. The average Bonchev–Trinajstić information content (AvgIpc) is 2.32. The van der Waals surface area contributed by atoms with Crippen molar-refractivity contribution in [1.29, 1.82) is 0 Å². The summed E-state index contributed by atoms with van der Waals surface area (Å²) in [6.45, 7) is 0. The number of benzene rings is 1. The number of alkyl halides is 1. The fourth-order valence-corrected chi connectivity index (χ4v) is 2.11. The fraction of sp³-hybridized carbons (Fsp3) is 0.417. The van der Waals surface area contributed by atoms with Crippen LogP contribution < -0.4 is 4.74 Å². The van der Waals surface area contributed by atoms with Crippen molar-refractivity contribution < 1.29 is 9.53 Å². The van der Waals surface area contributed by atoms with Crippen molar-refractivity contribution in [3.63, 3.8) is 0 Å². The molecule has 0 saturated heterocycles. The highest BCUT2D eigenvalue weighted by atomic mass is 35.5. The van der Waals surface area contributed by atoms with Crippen molar-refractivity contribution in [3.8, 4) is 5.75 Å². The van der Waals surface area contributed by atoms with Gasteiger partial charge < -0.3 is 4.74 Å². The monoisotopic (exact) mass is 294 g/mol. The van der Waals surface area contributed by atoms with E-state index in [1.807, 2.05) is 0 Å². The number of unbranched alkanes of at least 4 members (excludes halogenated alkanes) is 1. The summed E-state index contributed by atoms with van der Waals surface area (Å²) in [6.07, 6.45) is 1.99. The van der Waals surface area contributed by atoms with E-state index in [-0.39, 0.29) is 15.8 Å². The molecular formula is C12H13Cl3O2. The van der Waals surface area contributed by atoms with Gasteiger partial charge in [0.15, 0.2) is 5.78 Å². The van der Waals surface area contributed by atoms with Crippen molar-refractivity contribution in [2.45, 2.75) is 19.3 Å². The van der Waals surface area contributed by atoms with E-state index in [1.54, 1.807) is 12.1 Å². The number of carbonyl (C=O) groups is 1. The van der Waals surface area contributed by atoms with Gasteiger partial charge >= 0.3 is 0 Å². The van der Waals surface area contributed by atoms with Crippen LogP contribution in [-0.4, -0.2) is 18.8 Å². The lowest BCUT2D eigenvalue weighted by Crippen LogP contribution is -2.01. The van der Waals surface area contributed by atoms with Gasteiger partial charge in [-0.15, -0.1) is 11.6 Å². The molecule has 0 bridgehead atoms. The number of Topliss-reactive ketones (excluding diaryl/α,β-unsaturated/α-hetero) is 1. The van der Waals surface area contributed by atoms with Gasteiger partial charge in [-0.1, -0.05) is 23.2 Å². The van der Waals surface area contributed by atoms with Gasteiger partial charge in [0.1, 0.15) is 10.8 Å². The Bertz CT molecular complexity index is 405. The molecule has 0 aliphatic heterocycles. The van der Waals surface area contributed by atoms with E-state index in [0.717, 1.165) is 12.8 Å². The highest BCUT2D eigenvalue weighted by Crippen LogP contribution is 2.35. The molecule has 0 fully saturated rings. The number of rotatable bonds is 6. The summed E-state index contributed by atoms with van der Waals surface area (Å²) in [5, 5.41) is 0.527. The number of carbonyl (C=O) groups excluding carboxylic acids is 1. The minimum absolute atomic E-state index is 0.0235. The molecule has 1 aromatic carbocycles. The zero-order valence-corrected chi connectivity index (χ0v) is 11.7. The third kappa shape index (κ3) is 3.77. The van der Waals surface area contributed by atoms with Gasteiger partial charge in [-0.2, -0.15) is 0 Å². The fourth-order valence-electron chi connectivity index (χ4n) is 1.42. The summed E-state index contributed by atoms with van der Waals surface area (Å²) in [5.41, 5.74) is 0.437. The molecule has 0 aromatic heterocycles. The van der Waals surface area contributed by atoms with E-state index < -0.39 is 0 Å². The van der Waals surface area contributed by atoms with Crippen LogP contribution in [-0.2, 0) is 0 Å². The largest absolute Gasteiger partial charge is 0.495 e. The van der Waals surface area contributed by atoms with Crippen molar-refractivity contribution >= 4 is 40.6 Å². The first-order chi connectivity index (χ1) is 8.11. The highest BCUT2D eigenvalue weighted by molar-refractivity contribution is 6.44. The summed E-state index contributed by atoms with van der Waals surface area (Å²) in [6, 6.07) is 3.28. The zero-order chi connectivity index (χ0) is 12.8. The van der Waals surface area contributed by atoms with Crippen LogP contribution in [0.3, 0.4) is 0 Å². The topological polar surface area (TPSA) is 26.3 Å². The van der Waals surface area contributed by atoms with Gasteiger partial charge in [0.05, 0.1) is 12.1 Å². The summed E-state index contributed by atoms with van der Waals surface area (Å²) >= 11 is 17.6. The molecule has 1 aromatic rings. The van der Waals surface area contributed by atoms with Gasteiger partial charge in [-0.25, -0.2) is 0 Å². The number of hydrogen-bond acceptors (Lipinski definition) is 2. The Morgan fingerprint density at radius 2 is 1.94 bits per heavy atom. The maximum absolute atomic E-state index is 11.9. The van der Waals surface area contributed by atoms with Crippen LogP contribution in [0.15, 0.2) is 12.1 Å². The summed E-state index contributed by atoms with van der Waals surface area (Å²) in [4.78, 5) is 11.9. The summed E-state index contributed by atoms with van der Waals surface area (Å²) in [5.74, 6) is 1.00. The van der Waals surface area contributed by atoms with Crippen molar-refractivity contribution in [1.82, 2.24) is 0 Å². The molecule has 0 amide bonds. The van der Waals surface area contributed by atoms with Crippen LogP contribution >= 0.6 is 34.8 Å². The van der Waals surface area contributed by atoms with Crippen LogP contribution in [0.5, 0.6) is 5.75 Å². The maximum Gasteiger partial charge on any atom is 0.164 e. The van der Waals surface area contributed by atoms with E-state index in [2.05, 4.69) is 0 Å². The first-order valence-corrected chi connectivity index (χ1v) is 6.52. The Morgan fingerprint density at radius 3 is 2.53 bits per heavy atom.